The molecule has 0 aliphatic carbocycles. The summed E-state index contributed by atoms with van der Waals surface area (Å²) in [5, 5.41) is 0. The second-order valence-electron chi connectivity index (χ2n) is 1.07. The first-order valence-corrected chi connectivity index (χ1v) is 3.29. The number of hydrogen-bond acceptors (Lipinski definition) is 2. The third-order valence-electron chi connectivity index (χ3n) is 0.500. The van der Waals surface area contributed by atoms with Gasteiger partial charge in [0, 0.05) is 6.08 Å². The van der Waals surface area contributed by atoms with Crippen LogP contribution < -0.4 is 0 Å². The number of carbonyl (C=O) groups excluding carboxylic acids is 1. The van der Waals surface area contributed by atoms with Crippen molar-refractivity contribution in [2.75, 3.05) is 5.52 Å². The van der Waals surface area contributed by atoms with Gasteiger partial charge in [0.05, 0.1) is 0 Å². The molecular formula is C5H7BrO2. The Morgan fingerprint density at radius 2 is 2.50 bits per heavy atom. The SMILES string of the molecule is CC=CC(=O)OCBr. The zero-order valence-electron chi connectivity index (χ0n) is 4.56. The molecule has 8 heavy (non-hydrogen) atoms. The molecule has 0 heterocycles. The van der Waals surface area contributed by atoms with Crippen molar-refractivity contribution in [3.63, 3.8) is 0 Å². The molecule has 0 fully saturated rings. The second-order valence-corrected chi connectivity index (χ2v) is 1.53. The Kier molecular flexibility index (Phi) is 4.65. The number of allylic oxidation sites excluding steroid dienone is 1. The van der Waals surface area contributed by atoms with Crippen LogP contribution >= 0.6 is 15.9 Å². The van der Waals surface area contributed by atoms with Gasteiger partial charge in [-0.2, -0.15) is 0 Å². The number of esters is 1. The molecule has 0 amide bonds. The van der Waals surface area contributed by atoms with Crippen molar-refractivity contribution in [1.82, 2.24) is 0 Å². The summed E-state index contributed by atoms with van der Waals surface area (Å²) in [5.74, 6) is -0.315. The Labute approximate surface area is 56.7 Å². The molecule has 0 radical (unpaired) electrons. The zero-order chi connectivity index (χ0) is 6.41. The van der Waals surface area contributed by atoms with Gasteiger partial charge in [-0.1, -0.05) is 6.08 Å². The average Bonchev–Trinajstić information content (AvgIpc) is 1.68. The van der Waals surface area contributed by atoms with E-state index in [0.717, 1.165) is 0 Å². The summed E-state index contributed by atoms with van der Waals surface area (Å²) >= 11 is 2.94. The lowest BCUT2D eigenvalue weighted by atomic mass is 10.5. The van der Waals surface area contributed by atoms with Crippen molar-refractivity contribution in [2.24, 2.45) is 0 Å². The van der Waals surface area contributed by atoms with Crippen LogP contribution in [-0.2, 0) is 9.53 Å². The molecule has 0 bridgehead atoms. The molecule has 0 aromatic heterocycles. The summed E-state index contributed by atoms with van der Waals surface area (Å²) in [6.07, 6.45) is 2.99. The van der Waals surface area contributed by atoms with Crippen molar-refractivity contribution >= 4 is 21.9 Å². The van der Waals surface area contributed by atoms with Crippen LogP contribution in [0, 0.1) is 0 Å². The molecule has 0 saturated carbocycles. The monoisotopic (exact) mass is 178 g/mol. The van der Waals surface area contributed by atoms with Crippen LogP contribution in [0.2, 0.25) is 0 Å². The maximum atomic E-state index is 10.3. The van der Waals surface area contributed by atoms with Crippen molar-refractivity contribution in [1.29, 1.82) is 0 Å². The van der Waals surface area contributed by atoms with Gasteiger partial charge in [0.25, 0.3) is 0 Å². The van der Waals surface area contributed by atoms with Gasteiger partial charge in [-0.05, 0) is 22.9 Å². The summed E-state index contributed by atoms with van der Waals surface area (Å²) < 4.78 is 4.47. The number of carbonyl (C=O) groups is 1. The van der Waals surface area contributed by atoms with Crippen LogP contribution in [0.25, 0.3) is 0 Å². The molecule has 0 aromatic rings. The molecule has 2 nitrogen and oxygen atoms in total. The van der Waals surface area contributed by atoms with Gasteiger partial charge >= 0.3 is 5.97 Å². The third-order valence-corrected chi connectivity index (χ3v) is 0.728. The summed E-state index contributed by atoms with van der Waals surface area (Å²) in [6, 6.07) is 0. The zero-order valence-corrected chi connectivity index (χ0v) is 6.14. The fourth-order valence-corrected chi connectivity index (χ4v) is 0.464. The van der Waals surface area contributed by atoms with Gasteiger partial charge < -0.3 is 4.74 Å². The van der Waals surface area contributed by atoms with Crippen LogP contribution in [0.3, 0.4) is 0 Å². The summed E-state index contributed by atoms with van der Waals surface area (Å²) in [7, 11) is 0. The summed E-state index contributed by atoms with van der Waals surface area (Å²) in [5.41, 5.74) is 0.260. The third kappa shape index (κ3) is 3.87. The largest absolute Gasteiger partial charge is 0.451 e. The van der Waals surface area contributed by atoms with Crippen LogP contribution in [0.15, 0.2) is 12.2 Å². The fourth-order valence-electron chi connectivity index (χ4n) is 0.238. The molecule has 0 aliphatic heterocycles. The number of rotatable bonds is 2. The molecular weight excluding hydrogens is 172 g/mol. The van der Waals surface area contributed by atoms with Gasteiger partial charge in [0.1, 0.15) is 5.52 Å². The molecule has 0 rings (SSSR count). The van der Waals surface area contributed by atoms with E-state index in [1.54, 1.807) is 13.0 Å². The van der Waals surface area contributed by atoms with E-state index in [-0.39, 0.29) is 11.5 Å². The fraction of sp³-hybridized carbons (Fsp3) is 0.400. The van der Waals surface area contributed by atoms with E-state index in [4.69, 9.17) is 0 Å². The highest BCUT2D eigenvalue weighted by Crippen LogP contribution is 1.85. The minimum absolute atomic E-state index is 0.260. The van der Waals surface area contributed by atoms with E-state index in [1.807, 2.05) is 0 Å². The molecule has 0 aliphatic rings. The van der Waals surface area contributed by atoms with Crippen molar-refractivity contribution in [3.8, 4) is 0 Å². The Hall–Kier alpha value is -0.310. The lowest BCUT2D eigenvalue weighted by molar-refractivity contribution is -0.135. The van der Waals surface area contributed by atoms with E-state index in [1.165, 1.54) is 6.08 Å². The maximum absolute atomic E-state index is 10.3. The minimum Gasteiger partial charge on any atom is -0.451 e. The normalized spacial score (nSPS) is 9.75. The minimum atomic E-state index is -0.315. The maximum Gasteiger partial charge on any atom is 0.331 e. The average molecular weight is 179 g/mol. The van der Waals surface area contributed by atoms with Gasteiger partial charge in [-0.25, -0.2) is 4.79 Å². The predicted octanol–water partition coefficient (Wildman–Crippen LogP) is 1.46. The molecule has 0 atom stereocenters. The second kappa shape index (κ2) is 4.84. The number of halogens is 1. The molecule has 0 N–H and O–H groups in total. The van der Waals surface area contributed by atoms with Crippen molar-refractivity contribution in [2.45, 2.75) is 6.92 Å². The summed E-state index contributed by atoms with van der Waals surface area (Å²) in [6.45, 7) is 1.76. The van der Waals surface area contributed by atoms with Crippen LogP contribution in [0.1, 0.15) is 6.92 Å². The lowest BCUT2D eigenvalue weighted by Gasteiger charge is -1.90. The van der Waals surface area contributed by atoms with Crippen LogP contribution in [0.5, 0.6) is 0 Å². The first kappa shape index (κ1) is 7.69. The van der Waals surface area contributed by atoms with E-state index >= 15 is 0 Å². The topological polar surface area (TPSA) is 26.3 Å². The summed E-state index contributed by atoms with van der Waals surface area (Å²) in [4.78, 5) is 10.3. The quantitative estimate of drug-likeness (QED) is 0.364. The van der Waals surface area contributed by atoms with Crippen LogP contribution in [0.4, 0.5) is 0 Å². The van der Waals surface area contributed by atoms with E-state index < -0.39 is 0 Å². The van der Waals surface area contributed by atoms with Gasteiger partial charge in [0.2, 0.25) is 0 Å². The van der Waals surface area contributed by atoms with Gasteiger partial charge in [0.15, 0.2) is 0 Å². The molecule has 0 saturated heterocycles. The smallest absolute Gasteiger partial charge is 0.331 e. The number of alkyl halides is 1. The lowest BCUT2D eigenvalue weighted by Crippen LogP contribution is -1.96. The highest BCUT2D eigenvalue weighted by molar-refractivity contribution is 9.09. The van der Waals surface area contributed by atoms with E-state index in [0.29, 0.717) is 0 Å². The van der Waals surface area contributed by atoms with Crippen LogP contribution in [-0.4, -0.2) is 11.5 Å². The molecule has 0 aromatic carbocycles. The first-order valence-electron chi connectivity index (χ1n) is 2.16. The van der Waals surface area contributed by atoms with E-state index in [9.17, 15) is 4.79 Å². The standard InChI is InChI=1S/C5H7BrO2/c1-2-3-5(7)8-4-6/h2-3H,4H2,1H3. The first-order chi connectivity index (χ1) is 3.81. The van der Waals surface area contributed by atoms with Crippen molar-refractivity contribution in [3.05, 3.63) is 12.2 Å². The predicted molar refractivity (Wildman–Crippen MR) is 34.7 cm³/mol. The molecule has 3 heteroatoms. The molecule has 0 unspecified atom stereocenters. The van der Waals surface area contributed by atoms with Gasteiger partial charge in [-0.15, -0.1) is 0 Å². The highest BCUT2D eigenvalue weighted by Gasteiger charge is 1.89. The highest BCUT2D eigenvalue weighted by atomic mass is 79.9. The Bertz CT molecular complexity index is 98.6. The molecule has 46 valence electrons. The van der Waals surface area contributed by atoms with Gasteiger partial charge in [-0.3, -0.25) is 0 Å². The Morgan fingerprint density at radius 3 is 2.88 bits per heavy atom. The van der Waals surface area contributed by atoms with E-state index in [2.05, 4.69) is 20.7 Å². The number of ether oxygens (including phenoxy) is 1. The Balaban J connectivity index is 3.33. The molecule has 0 spiro atoms. The van der Waals surface area contributed by atoms with Crippen molar-refractivity contribution < 1.29 is 9.53 Å². The number of hydrogen-bond donors (Lipinski definition) is 0. The Morgan fingerprint density at radius 1 is 1.88 bits per heavy atom.